The highest BCUT2D eigenvalue weighted by molar-refractivity contribution is 6.00. The Kier molecular flexibility index (Phi) is 4.45. The first-order valence-corrected chi connectivity index (χ1v) is 7.12. The molecule has 1 aromatic carbocycles. The number of hydrogen-bond donors (Lipinski definition) is 1. The number of nitrogens with zero attached hydrogens (tertiary/aromatic N) is 1. The van der Waals surface area contributed by atoms with E-state index in [9.17, 15) is 4.79 Å². The molecule has 0 aliphatic carbocycles. The summed E-state index contributed by atoms with van der Waals surface area (Å²) in [6.45, 7) is 9.27. The van der Waals surface area contributed by atoms with Gasteiger partial charge in [-0.1, -0.05) is 20.8 Å². The van der Waals surface area contributed by atoms with E-state index >= 15 is 0 Å². The number of carbonyl (C=O) groups excluding carboxylic acids is 1. The van der Waals surface area contributed by atoms with E-state index in [0.29, 0.717) is 5.56 Å². The van der Waals surface area contributed by atoms with E-state index in [2.05, 4.69) is 4.90 Å². The van der Waals surface area contributed by atoms with E-state index in [-0.39, 0.29) is 11.2 Å². The van der Waals surface area contributed by atoms with Crippen LogP contribution in [0, 0.1) is 5.41 Å². The number of benzene rings is 1. The number of anilines is 1. The minimum absolute atomic E-state index is 0.00558. The zero-order valence-corrected chi connectivity index (χ0v) is 12.6. The average molecular weight is 276 g/mol. The van der Waals surface area contributed by atoms with Gasteiger partial charge in [-0.25, -0.2) is 0 Å². The van der Waals surface area contributed by atoms with Gasteiger partial charge in [0.1, 0.15) is 0 Å². The molecule has 20 heavy (non-hydrogen) atoms. The van der Waals surface area contributed by atoms with Crippen molar-refractivity contribution in [1.29, 1.82) is 0 Å². The average Bonchev–Trinajstić information content (AvgIpc) is 2.46. The van der Waals surface area contributed by atoms with Gasteiger partial charge in [0.25, 0.3) is 0 Å². The van der Waals surface area contributed by atoms with Crippen LogP contribution in [0.3, 0.4) is 0 Å². The van der Waals surface area contributed by atoms with Crippen LogP contribution in [-0.4, -0.2) is 38.1 Å². The Morgan fingerprint density at radius 3 is 2.25 bits per heavy atom. The molecule has 1 aliphatic heterocycles. The van der Waals surface area contributed by atoms with Gasteiger partial charge in [0.15, 0.2) is 5.78 Å². The molecule has 2 rings (SSSR count). The molecule has 1 fully saturated rings. The van der Waals surface area contributed by atoms with Crippen molar-refractivity contribution in [3.05, 3.63) is 29.8 Å². The summed E-state index contributed by atoms with van der Waals surface area (Å²) in [4.78, 5) is 14.6. The van der Waals surface area contributed by atoms with Crippen LogP contribution in [0.5, 0.6) is 0 Å². The Labute approximate surface area is 120 Å². The fraction of sp³-hybridized carbons (Fsp3) is 0.562. The lowest BCUT2D eigenvalue weighted by molar-refractivity contribution is 0.0901. The van der Waals surface area contributed by atoms with E-state index in [1.165, 1.54) is 0 Å². The Balaban J connectivity index is 2.09. The summed E-state index contributed by atoms with van der Waals surface area (Å²) in [5.74, 6) is 0.00558. The quantitative estimate of drug-likeness (QED) is 0.859. The molecular weight excluding hydrogens is 252 g/mol. The summed E-state index contributed by atoms with van der Waals surface area (Å²) < 4.78 is 5.34. The van der Waals surface area contributed by atoms with Gasteiger partial charge in [-0.2, -0.15) is 0 Å². The number of carbonyl (C=O) groups is 1. The number of ketones is 1. The summed E-state index contributed by atoms with van der Waals surface area (Å²) in [7, 11) is 0. The van der Waals surface area contributed by atoms with E-state index in [1.807, 2.05) is 45.0 Å². The first-order chi connectivity index (χ1) is 9.39. The van der Waals surface area contributed by atoms with Crippen molar-refractivity contribution in [3.63, 3.8) is 0 Å². The van der Waals surface area contributed by atoms with Gasteiger partial charge in [0, 0.05) is 24.3 Å². The number of ether oxygens (including phenoxy) is 1. The van der Waals surface area contributed by atoms with Crippen molar-refractivity contribution in [3.8, 4) is 0 Å². The van der Waals surface area contributed by atoms with Crippen LogP contribution < -0.4 is 10.6 Å². The number of morpholine rings is 1. The third-order valence-corrected chi connectivity index (χ3v) is 3.74. The summed E-state index contributed by atoms with van der Waals surface area (Å²) >= 11 is 0. The van der Waals surface area contributed by atoms with Crippen molar-refractivity contribution >= 4 is 11.5 Å². The second-order valence-electron chi connectivity index (χ2n) is 6.35. The van der Waals surface area contributed by atoms with Crippen LogP contribution in [0.4, 0.5) is 5.69 Å². The Hall–Kier alpha value is -1.39. The van der Waals surface area contributed by atoms with E-state index in [1.54, 1.807) is 0 Å². The fourth-order valence-corrected chi connectivity index (χ4v) is 2.23. The number of rotatable bonds is 3. The van der Waals surface area contributed by atoms with Crippen molar-refractivity contribution in [2.75, 3.05) is 31.2 Å². The summed E-state index contributed by atoms with van der Waals surface area (Å²) in [6, 6.07) is 7.26. The van der Waals surface area contributed by atoms with Crippen molar-refractivity contribution in [2.45, 2.75) is 26.8 Å². The van der Waals surface area contributed by atoms with Gasteiger partial charge in [0.2, 0.25) is 0 Å². The van der Waals surface area contributed by atoms with Crippen LogP contribution in [0.2, 0.25) is 0 Å². The molecule has 0 unspecified atom stereocenters. The first kappa shape index (κ1) is 15.0. The van der Waals surface area contributed by atoms with Gasteiger partial charge in [-0.3, -0.25) is 4.79 Å². The lowest BCUT2D eigenvalue weighted by Crippen LogP contribution is -2.42. The zero-order valence-electron chi connectivity index (χ0n) is 12.6. The molecule has 4 nitrogen and oxygen atoms in total. The molecule has 1 atom stereocenters. The van der Waals surface area contributed by atoms with Crippen molar-refractivity contribution in [1.82, 2.24) is 0 Å². The molecule has 4 heteroatoms. The minimum atomic E-state index is -0.475. The SMILES string of the molecule is CC(C)(C)[C@H](N)C(=O)c1ccc(N2CCOCC2)cc1. The second-order valence-corrected chi connectivity index (χ2v) is 6.35. The molecule has 1 aliphatic rings. The summed E-state index contributed by atoms with van der Waals surface area (Å²) in [6.07, 6.45) is 0. The number of nitrogens with two attached hydrogens (primary N) is 1. The monoisotopic (exact) mass is 276 g/mol. The summed E-state index contributed by atoms with van der Waals surface area (Å²) in [5, 5.41) is 0. The molecule has 0 spiro atoms. The number of Topliss-reactive ketones (excluding diaryl/α,β-unsaturated/α-hetero) is 1. The standard InChI is InChI=1S/C16H24N2O2/c1-16(2,3)15(17)14(19)12-4-6-13(7-5-12)18-8-10-20-11-9-18/h4-7,15H,8-11,17H2,1-3H3/t15-/m1/s1. The highest BCUT2D eigenvalue weighted by Crippen LogP contribution is 2.22. The predicted octanol–water partition coefficient (Wildman–Crippen LogP) is 2.08. The maximum atomic E-state index is 12.3. The van der Waals surface area contributed by atoms with Crippen molar-refractivity contribution in [2.24, 2.45) is 11.1 Å². The lowest BCUT2D eigenvalue weighted by atomic mass is 9.83. The third kappa shape index (κ3) is 3.38. The van der Waals surface area contributed by atoms with E-state index in [0.717, 1.165) is 32.0 Å². The van der Waals surface area contributed by atoms with Gasteiger partial charge < -0.3 is 15.4 Å². The Morgan fingerprint density at radius 2 is 1.75 bits per heavy atom. The molecule has 2 N–H and O–H groups in total. The van der Waals surface area contributed by atoms with Gasteiger partial charge in [0.05, 0.1) is 19.3 Å². The second kappa shape index (κ2) is 5.94. The summed E-state index contributed by atoms with van der Waals surface area (Å²) in [5.41, 5.74) is 7.63. The third-order valence-electron chi connectivity index (χ3n) is 3.74. The smallest absolute Gasteiger partial charge is 0.180 e. The maximum Gasteiger partial charge on any atom is 0.180 e. The molecule has 0 saturated carbocycles. The lowest BCUT2D eigenvalue weighted by Gasteiger charge is -2.29. The molecule has 0 amide bonds. The molecule has 0 bridgehead atoms. The topological polar surface area (TPSA) is 55.6 Å². The molecule has 110 valence electrons. The molecule has 1 saturated heterocycles. The van der Waals surface area contributed by atoms with Crippen LogP contribution in [-0.2, 0) is 4.74 Å². The van der Waals surface area contributed by atoms with Crippen LogP contribution in [0.15, 0.2) is 24.3 Å². The van der Waals surface area contributed by atoms with Crippen molar-refractivity contribution < 1.29 is 9.53 Å². The van der Waals surface area contributed by atoms with Crippen LogP contribution >= 0.6 is 0 Å². The molecular formula is C16H24N2O2. The molecule has 1 heterocycles. The maximum absolute atomic E-state index is 12.3. The fourth-order valence-electron chi connectivity index (χ4n) is 2.23. The largest absolute Gasteiger partial charge is 0.378 e. The highest BCUT2D eigenvalue weighted by atomic mass is 16.5. The molecule has 0 radical (unpaired) electrons. The molecule has 0 aromatic heterocycles. The van der Waals surface area contributed by atoms with Crippen LogP contribution in [0.25, 0.3) is 0 Å². The highest BCUT2D eigenvalue weighted by Gasteiger charge is 2.28. The van der Waals surface area contributed by atoms with Gasteiger partial charge in [-0.15, -0.1) is 0 Å². The Bertz CT molecular complexity index is 456. The normalized spacial score (nSPS) is 17.9. The Morgan fingerprint density at radius 1 is 1.20 bits per heavy atom. The van der Waals surface area contributed by atoms with E-state index < -0.39 is 6.04 Å². The van der Waals surface area contributed by atoms with Gasteiger partial charge >= 0.3 is 0 Å². The number of hydrogen-bond acceptors (Lipinski definition) is 4. The predicted molar refractivity (Wildman–Crippen MR) is 81.2 cm³/mol. The first-order valence-electron chi connectivity index (χ1n) is 7.12. The minimum Gasteiger partial charge on any atom is -0.378 e. The van der Waals surface area contributed by atoms with E-state index in [4.69, 9.17) is 10.5 Å². The zero-order chi connectivity index (χ0) is 14.8. The van der Waals surface area contributed by atoms with Crippen LogP contribution in [0.1, 0.15) is 31.1 Å². The van der Waals surface area contributed by atoms with Gasteiger partial charge in [-0.05, 0) is 29.7 Å². The molecule has 1 aromatic rings.